The fraction of sp³-hybridized carbons (Fsp3) is 0.591. The van der Waals surface area contributed by atoms with Crippen LogP contribution in [0.4, 0.5) is 0 Å². The van der Waals surface area contributed by atoms with Crippen molar-refractivity contribution < 1.29 is 18.8 Å². The van der Waals surface area contributed by atoms with Crippen molar-refractivity contribution in [2.45, 2.75) is 44.6 Å². The summed E-state index contributed by atoms with van der Waals surface area (Å²) in [5.74, 6) is 1.89. The summed E-state index contributed by atoms with van der Waals surface area (Å²) in [6.07, 6.45) is 4.98. The molecule has 3 heterocycles. The number of carbonyl (C=O) groups is 1. The fourth-order valence-electron chi connectivity index (χ4n) is 4.02. The molecule has 7 nitrogen and oxygen atoms in total. The van der Waals surface area contributed by atoms with Crippen LogP contribution in [-0.2, 0) is 27.1 Å². The minimum Gasteiger partial charge on any atom is -0.381 e. The van der Waals surface area contributed by atoms with Crippen molar-refractivity contribution in [3.8, 4) is 0 Å². The molecule has 2 aliphatic rings. The summed E-state index contributed by atoms with van der Waals surface area (Å²) >= 11 is 0. The summed E-state index contributed by atoms with van der Waals surface area (Å²) < 4.78 is 16.7. The number of rotatable bonds is 8. The summed E-state index contributed by atoms with van der Waals surface area (Å²) in [5, 5.41) is 4.10. The normalized spacial score (nSPS) is 20.3. The second-order valence-electron chi connectivity index (χ2n) is 7.84. The first-order valence-corrected chi connectivity index (χ1v) is 10.6. The summed E-state index contributed by atoms with van der Waals surface area (Å²) in [6, 6.07) is 9.72. The van der Waals surface area contributed by atoms with E-state index in [-0.39, 0.29) is 11.9 Å². The third-order valence-electron chi connectivity index (χ3n) is 5.70. The summed E-state index contributed by atoms with van der Waals surface area (Å²) in [6.45, 7) is 3.75. The van der Waals surface area contributed by atoms with Crippen molar-refractivity contribution in [2.24, 2.45) is 5.92 Å². The van der Waals surface area contributed by atoms with E-state index in [1.54, 1.807) is 0 Å². The predicted octanol–water partition coefficient (Wildman–Crippen LogP) is 2.96. The Balaban J connectivity index is 1.26. The molecule has 2 fully saturated rings. The van der Waals surface area contributed by atoms with E-state index in [4.69, 9.17) is 14.0 Å². The molecule has 1 aromatic carbocycles. The van der Waals surface area contributed by atoms with Crippen molar-refractivity contribution in [3.05, 3.63) is 47.6 Å². The molecule has 2 aliphatic heterocycles. The number of hydrogen-bond donors (Lipinski definition) is 0. The number of nitrogens with zero attached hydrogens (tertiary/aromatic N) is 3. The summed E-state index contributed by atoms with van der Waals surface area (Å²) in [5.41, 5.74) is 1.02. The van der Waals surface area contributed by atoms with Gasteiger partial charge in [-0.05, 0) is 37.2 Å². The second kappa shape index (κ2) is 9.98. The molecule has 0 bridgehead atoms. The third-order valence-corrected chi connectivity index (χ3v) is 5.70. The standard InChI is InChI=1S/C22H29N3O4/c26-21(15-17-5-2-1-3-6-17)25-11-4-7-19(25)22-23-20(24-29-22)10-14-28-16-18-8-12-27-13-9-18/h1-3,5-6,18-19H,4,7-16H2. The molecule has 2 aromatic rings. The molecule has 29 heavy (non-hydrogen) atoms. The van der Waals surface area contributed by atoms with E-state index in [0.717, 1.165) is 57.6 Å². The van der Waals surface area contributed by atoms with Crippen LogP contribution >= 0.6 is 0 Å². The SMILES string of the molecule is O=C(Cc1ccccc1)N1CCCC1c1nc(CCOCC2CCOCC2)no1. The molecule has 1 amide bonds. The smallest absolute Gasteiger partial charge is 0.249 e. The molecule has 0 saturated carbocycles. The average molecular weight is 399 g/mol. The van der Waals surface area contributed by atoms with Crippen LogP contribution in [0.5, 0.6) is 0 Å². The van der Waals surface area contributed by atoms with Crippen molar-refractivity contribution in [1.82, 2.24) is 15.0 Å². The van der Waals surface area contributed by atoms with E-state index in [0.29, 0.717) is 37.1 Å². The minimum atomic E-state index is -0.115. The van der Waals surface area contributed by atoms with Gasteiger partial charge in [-0.2, -0.15) is 4.98 Å². The lowest BCUT2D eigenvalue weighted by Crippen LogP contribution is -2.32. The Hall–Kier alpha value is -2.25. The van der Waals surface area contributed by atoms with Crippen LogP contribution in [0.2, 0.25) is 0 Å². The van der Waals surface area contributed by atoms with Crippen LogP contribution in [0.15, 0.2) is 34.9 Å². The Labute approximate surface area is 171 Å². The maximum absolute atomic E-state index is 12.8. The number of hydrogen-bond acceptors (Lipinski definition) is 6. The van der Waals surface area contributed by atoms with Crippen molar-refractivity contribution in [2.75, 3.05) is 33.0 Å². The number of carbonyl (C=O) groups excluding carboxylic acids is 1. The number of benzene rings is 1. The maximum atomic E-state index is 12.8. The van der Waals surface area contributed by atoms with Gasteiger partial charge in [0, 0.05) is 32.8 Å². The van der Waals surface area contributed by atoms with Crippen molar-refractivity contribution >= 4 is 5.91 Å². The fourth-order valence-corrected chi connectivity index (χ4v) is 4.02. The Morgan fingerprint density at radius 3 is 2.83 bits per heavy atom. The van der Waals surface area contributed by atoms with Crippen LogP contribution in [0, 0.1) is 5.92 Å². The number of likely N-dealkylation sites (tertiary alicyclic amines) is 1. The molecule has 4 rings (SSSR count). The summed E-state index contributed by atoms with van der Waals surface area (Å²) in [4.78, 5) is 19.2. The zero-order chi connectivity index (χ0) is 19.9. The van der Waals surface area contributed by atoms with Crippen LogP contribution in [0.1, 0.15) is 49.0 Å². The van der Waals surface area contributed by atoms with E-state index in [1.807, 2.05) is 35.2 Å². The summed E-state index contributed by atoms with van der Waals surface area (Å²) in [7, 11) is 0. The Morgan fingerprint density at radius 1 is 1.17 bits per heavy atom. The van der Waals surface area contributed by atoms with Crippen molar-refractivity contribution in [1.29, 1.82) is 0 Å². The predicted molar refractivity (Wildman–Crippen MR) is 106 cm³/mol. The van der Waals surface area contributed by atoms with Gasteiger partial charge in [0.2, 0.25) is 11.8 Å². The Bertz CT molecular complexity index is 773. The average Bonchev–Trinajstić information content (AvgIpc) is 3.42. The van der Waals surface area contributed by atoms with Gasteiger partial charge in [-0.3, -0.25) is 4.79 Å². The van der Waals surface area contributed by atoms with Crippen LogP contribution < -0.4 is 0 Å². The first-order valence-electron chi connectivity index (χ1n) is 10.6. The zero-order valence-corrected chi connectivity index (χ0v) is 16.8. The van der Waals surface area contributed by atoms with Crippen LogP contribution in [0.25, 0.3) is 0 Å². The lowest BCUT2D eigenvalue weighted by Gasteiger charge is -2.22. The lowest BCUT2D eigenvalue weighted by atomic mass is 10.0. The minimum absolute atomic E-state index is 0.109. The van der Waals surface area contributed by atoms with Gasteiger partial charge >= 0.3 is 0 Å². The van der Waals surface area contributed by atoms with Gasteiger partial charge in [0.15, 0.2) is 5.82 Å². The molecule has 0 radical (unpaired) electrons. The largest absolute Gasteiger partial charge is 0.381 e. The van der Waals surface area contributed by atoms with Gasteiger partial charge in [0.05, 0.1) is 13.0 Å². The molecule has 156 valence electrons. The highest BCUT2D eigenvalue weighted by molar-refractivity contribution is 5.79. The molecule has 1 atom stereocenters. The molecular weight excluding hydrogens is 370 g/mol. The van der Waals surface area contributed by atoms with E-state index >= 15 is 0 Å². The topological polar surface area (TPSA) is 77.7 Å². The highest BCUT2D eigenvalue weighted by Gasteiger charge is 2.33. The molecule has 1 aromatic heterocycles. The lowest BCUT2D eigenvalue weighted by molar-refractivity contribution is -0.131. The van der Waals surface area contributed by atoms with E-state index < -0.39 is 0 Å². The van der Waals surface area contributed by atoms with E-state index in [9.17, 15) is 4.79 Å². The highest BCUT2D eigenvalue weighted by atomic mass is 16.5. The molecular formula is C22H29N3O4. The number of ether oxygens (including phenoxy) is 2. The maximum Gasteiger partial charge on any atom is 0.249 e. The van der Waals surface area contributed by atoms with Gasteiger partial charge in [-0.1, -0.05) is 35.5 Å². The van der Waals surface area contributed by atoms with Crippen LogP contribution in [-0.4, -0.2) is 53.9 Å². The van der Waals surface area contributed by atoms with Gasteiger partial charge in [-0.25, -0.2) is 0 Å². The zero-order valence-electron chi connectivity index (χ0n) is 16.8. The van der Waals surface area contributed by atoms with Gasteiger partial charge in [0.25, 0.3) is 0 Å². The number of amides is 1. The second-order valence-corrected chi connectivity index (χ2v) is 7.84. The van der Waals surface area contributed by atoms with Gasteiger partial charge in [-0.15, -0.1) is 0 Å². The number of aromatic nitrogens is 2. The van der Waals surface area contributed by atoms with Gasteiger partial charge < -0.3 is 18.9 Å². The van der Waals surface area contributed by atoms with E-state index in [2.05, 4.69) is 10.1 Å². The molecule has 2 saturated heterocycles. The van der Waals surface area contributed by atoms with Crippen LogP contribution in [0.3, 0.4) is 0 Å². The van der Waals surface area contributed by atoms with Gasteiger partial charge in [0.1, 0.15) is 6.04 Å². The molecule has 7 heteroatoms. The van der Waals surface area contributed by atoms with Crippen molar-refractivity contribution in [3.63, 3.8) is 0 Å². The molecule has 1 unspecified atom stereocenters. The molecule has 0 N–H and O–H groups in total. The third kappa shape index (κ3) is 5.42. The molecule has 0 aliphatic carbocycles. The Morgan fingerprint density at radius 2 is 2.00 bits per heavy atom. The monoisotopic (exact) mass is 399 g/mol. The Kier molecular flexibility index (Phi) is 6.90. The first kappa shape index (κ1) is 20.0. The molecule has 0 spiro atoms. The highest BCUT2D eigenvalue weighted by Crippen LogP contribution is 2.31. The quantitative estimate of drug-likeness (QED) is 0.635. The first-order chi connectivity index (χ1) is 14.3. The van der Waals surface area contributed by atoms with E-state index in [1.165, 1.54) is 0 Å².